The lowest BCUT2D eigenvalue weighted by atomic mass is 9.96. The predicted octanol–water partition coefficient (Wildman–Crippen LogP) is 4.03. The van der Waals surface area contributed by atoms with Crippen molar-refractivity contribution in [3.63, 3.8) is 0 Å². The lowest BCUT2D eigenvalue weighted by Gasteiger charge is -2.31. The van der Waals surface area contributed by atoms with Crippen LogP contribution in [-0.2, 0) is 4.79 Å². The number of likely N-dealkylation sites (tertiary alicyclic amines) is 1. The van der Waals surface area contributed by atoms with Gasteiger partial charge in [0.2, 0.25) is 5.91 Å². The van der Waals surface area contributed by atoms with Crippen molar-refractivity contribution in [3.05, 3.63) is 64.5 Å². The maximum absolute atomic E-state index is 13.0. The Bertz CT molecular complexity index is 1070. The Balaban J connectivity index is 1.42. The molecule has 154 valence electrons. The van der Waals surface area contributed by atoms with Crippen LogP contribution in [0.1, 0.15) is 28.9 Å². The van der Waals surface area contributed by atoms with E-state index in [-0.39, 0.29) is 17.7 Å². The summed E-state index contributed by atoms with van der Waals surface area (Å²) in [6, 6.07) is 11.2. The molecule has 2 N–H and O–H groups in total. The average Bonchev–Trinajstić information content (AvgIpc) is 3.27. The van der Waals surface area contributed by atoms with Crippen molar-refractivity contribution in [2.75, 3.05) is 18.4 Å². The van der Waals surface area contributed by atoms with E-state index in [2.05, 4.69) is 36.4 Å². The lowest BCUT2D eigenvalue weighted by molar-refractivity contribution is -0.121. The van der Waals surface area contributed by atoms with Crippen LogP contribution < -0.4 is 5.32 Å². The third-order valence-corrected chi connectivity index (χ3v) is 6.16. The number of hydrogen-bond donors (Lipinski definition) is 2. The number of amides is 2. The number of nitrogens with one attached hydrogen (secondary N) is 2. The van der Waals surface area contributed by atoms with Gasteiger partial charge in [0, 0.05) is 41.2 Å². The van der Waals surface area contributed by atoms with Crippen LogP contribution in [-0.4, -0.2) is 45.0 Å². The van der Waals surface area contributed by atoms with Crippen molar-refractivity contribution >= 4 is 33.4 Å². The molecule has 2 aromatic heterocycles. The standard InChI is InChI=1S/C22H22BrN5O2/c1-14-10-17(6-7-18(14)23)25-21(29)16-5-3-9-28(13-16)22(30)20-11-19(26-27-20)15-4-2-8-24-12-15/h2,4,6-8,10-12,16H,3,5,9,13H2,1H3,(H,25,29)(H,26,27)/t16-/m1/s1. The van der Waals surface area contributed by atoms with E-state index in [4.69, 9.17) is 0 Å². The molecule has 0 radical (unpaired) electrons. The molecule has 0 saturated carbocycles. The molecule has 1 aliphatic heterocycles. The Hall–Kier alpha value is -3.00. The van der Waals surface area contributed by atoms with Gasteiger partial charge in [0.05, 0.1) is 11.6 Å². The molecule has 3 aromatic rings. The van der Waals surface area contributed by atoms with E-state index in [9.17, 15) is 9.59 Å². The highest BCUT2D eigenvalue weighted by Gasteiger charge is 2.30. The van der Waals surface area contributed by atoms with E-state index < -0.39 is 0 Å². The SMILES string of the molecule is Cc1cc(NC(=O)[C@@H]2CCCN(C(=O)c3cc(-c4cccnc4)n[nH]3)C2)ccc1Br. The van der Waals surface area contributed by atoms with Crippen molar-refractivity contribution in [2.24, 2.45) is 5.92 Å². The third-order valence-electron chi connectivity index (χ3n) is 5.27. The number of nitrogens with zero attached hydrogens (tertiary/aromatic N) is 3. The van der Waals surface area contributed by atoms with E-state index in [1.54, 1.807) is 23.4 Å². The van der Waals surface area contributed by atoms with Crippen LogP contribution in [0.3, 0.4) is 0 Å². The maximum Gasteiger partial charge on any atom is 0.271 e. The first kappa shape index (κ1) is 20.3. The smallest absolute Gasteiger partial charge is 0.271 e. The fourth-order valence-corrected chi connectivity index (χ4v) is 3.85. The molecule has 1 aliphatic rings. The van der Waals surface area contributed by atoms with E-state index in [0.717, 1.165) is 34.1 Å². The second kappa shape index (κ2) is 8.79. The number of anilines is 1. The molecule has 0 aliphatic carbocycles. The average molecular weight is 468 g/mol. The fraction of sp³-hybridized carbons (Fsp3) is 0.273. The van der Waals surface area contributed by atoms with Gasteiger partial charge >= 0.3 is 0 Å². The minimum absolute atomic E-state index is 0.0603. The number of carbonyl (C=O) groups excluding carboxylic acids is 2. The lowest BCUT2D eigenvalue weighted by Crippen LogP contribution is -2.43. The first-order chi connectivity index (χ1) is 14.5. The fourth-order valence-electron chi connectivity index (χ4n) is 3.61. The molecular weight excluding hydrogens is 446 g/mol. The number of halogens is 1. The van der Waals surface area contributed by atoms with Crippen LogP contribution in [0.25, 0.3) is 11.3 Å². The molecule has 8 heteroatoms. The van der Waals surface area contributed by atoms with Crippen molar-refractivity contribution in [1.29, 1.82) is 0 Å². The molecule has 2 amide bonds. The molecule has 3 heterocycles. The summed E-state index contributed by atoms with van der Waals surface area (Å²) in [4.78, 5) is 31.5. The number of carbonyl (C=O) groups is 2. The Morgan fingerprint density at radius 1 is 1.27 bits per heavy atom. The van der Waals surface area contributed by atoms with Gasteiger partial charge < -0.3 is 10.2 Å². The highest BCUT2D eigenvalue weighted by atomic mass is 79.9. The monoisotopic (exact) mass is 467 g/mol. The van der Waals surface area contributed by atoms with Crippen LogP contribution in [0, 0.1) is 12.8 Å². The Morgan fingerprint density at radius 3 is 2.90 bits per heavy atom. The molecule has 0 bridgehead atoms. The Morgan fingerprint density at radius 2 is 2.13 bits per heavy atom. The second-order valence-electron chi connectivity index (χ2n) is 7.45. The van der Waals surface area contributed by atoms with Crippen molar-refractivity contribution in [3.8, 4) is 11.3 Å². The van der Waals surface area contributed by atoms with E-state index in [1.807, 2.05) is 37.3 Å². The first-order valence-electron chi connectivity index (χ1n) is 9.83. The van der Waals surface area contributed by atoms with Crippen LogP contribution in [0.2, 0.25) is 0 Å². The molecule has 1 saturated heterocycles. The van der Waals surface area contributed by atoms with Crippen LogP contribution >= 0.6 is 15.9 Å². The van der Waals surface area contributed by atoms with Gasteiger partial charge in [-0.05, 0) is 61.7 Å². The molecular formula is C22H22BrN5O2. The van der Waals surface area contributed by atoms with Gasteiger partial charge in [-0.15, -0.1) is 0 Å². The van der Waals surface area contributed by atoms with E-state index >= 15 is 0 Å². The number of hydrogen-bond acceptors (Lipinski definition) is 4. The van der Waals surface area contributed by atoms with Crippen molar-refractivity contribution < 1.29 is 9.59 Å². The summed E-state index contributed by atoms with van der Waals surface area (Å²) in [7, 11) is 0. The highest BCUT2D eigenvalue weighted by Crippen LogP contribution is 2.24. The summed E-state index contributed by atoms with van der Waals surface area (Å²) in [5.74, 6) is -0.447. The largest absolute Gasteiger partial charge is 0.337 e. The summed E-state index contributed by atoms with van der Waals surface area (Å²) in [6.07, 6.45) is 4.94. The summed E-state index contributed by atoms with van der Waals surface area (Å²) in [6.45, 7) is 2.99. The normalized spacial score (nSPS) is 16.3. The van der Waals surface area contributed by atoms with Crippen molar-refractivity contribution in [1.82, 2.24) is 20.1 Å². The number of aromatic amines is 1. The Labute approximate surface area is 183 Å². The summed E-state index contributed by atoms with van der Waals surface area (Å²) in [5.41, 5.74) is 3.74. The number of rotatable bonds is 4. The van der Waals surface area contributed by atoms with E-state index in [0.29, 0.717) is 24.5 Å². The first-order valence-corrected chi connectivity index (χ1v) is 10.6. The molecule has 1 fully saturated rings. The second-order valence-corrected chi connectivity index (χ2v) is 8.31. The number of piperidine rings is 1. The summed E-state index contributed by atoms with van der Waals surface area (Å²) < 4.78 is 1.00. The minimum Gasteiger partial charge on any atom is -0.337 e. The summed E-state index contributed by atoms with van der Waals surface area (Å²) >= 11 is 3.47. The molecule has 1 atom stereocenters. The molecule has 0 spiro atoms. The molecule has 7 nitrogen and oxygen atoms in total. The third kappa shape index (κ3) is 4.43. The number of benzene rings is 1. The van der Waals surface area contributed by atoms with Gasteiger partial charge in [-0.1, -0.05) is 15.9 Å². The number of aromatic nitrogens is 3. The van der Waals surface area contributed by atoms with Gasteiger partial charge in [-0.25, -0.2) is 0 Å². The van der Waals surface area contributed by atoms with Gasteiger partial charge in [0.15, 0.2) is 0 Å². The minimum atomic E-state index is -0.243. The maximum atomic E-state index is 13.0. The highest BCUT2D eigenvalue weighted by molar-refractivity contribution is 9.10. The van der Waals surface area contributed by atoms with Gasteiger partial charge in [-0.3, -0.25) is 19.7 Å². The summed E-state index contributed by atoms with van der Waals surface area (Å²) in [5, 5.41) is 10.0. The molecule has 4 rings (SSSR count). The molecule has 30 heavy (non-hydrogen) atoms. The van der Waals surface area contributed by atoms with Gasteiger partial charge in [-0.2, -0.15) is 5.10 Å². The quantitative estimate of drug-likeness (QED) is 0.605. The van der Waals surface area contributed by atoms with Crippen LogP contribution in [0.4, 0.5) is 5.69 Å². The zero-order chi connectivity index (χ0) is 21.1. The number of pyridine rings is 1. The zero-order valence-corrected chi connectivity index (χ0v) is 18.1. The number of H-pyrrole nitrogens is 1. The van der Waals surface area contributed by atoms with E-state index in [1.165, 1.54) is 0 Å². The topological polar surface area (TPSA) is 91.0 Å². The predicted molar refractivity (Wildman–Crippen MR) is 118 cm³/mol. The van der Waals surface area contributed by atoms with Crippen LogP contribution in [0.5, 0.6) is 0 Å². The van der Waals surface area contributed by atoms with Gasteiger partial charge in [0.25, 0.3) is 5.91 Å². The molecule has 0 unspecified atom stereocenters. The van der Waals surface area contributed by atoms with Crippen LogP contribution in [0.15, 0.2) is 53.3 Å². The van der Waals surface area contributed by atoms with Gasteiger partial charge in [0.1, 0.15) is 5.69 Å². The Kier molecular flexibility index (Phi) is 5.94. The number of aryl methyl sites for hydroxylation is 1. The zero-order valence-electron chi connectivity index (χ0n) is 16.6. The van der Waals surface area contributed by atoms with Crippen molar-refractivity contribution in [2.45, 2.75) is 19.8 Å². The molecule has 1 aromatic carbocycles.